The van der Waals surface area contributed by atoms with E-state index in [1.165, 1.54) is 0 Å². The average Bonchev–Trinajstić information content (AvgIpc) is 2.99. The Morgan fingerprint density at radius 1 is 1.15 bits per heavy atom. The molecule has 6 N–H and O–H groups in total. The van der Waals surface area contributed by atoms with Crippen molar-refractivity contribution in [3.05, 3.63) is 26.4 Å². The first-order valence-corrected chi connectivity index (χ1v) is 5.86. The number of aromatic nitrogens is 4. The van der Waals surface area contributed by atoms with Gasteiger partial charge < -0.3 is 20.1 Å². The fourth-order valence-corrected chi connectivity index (χ4v) is 2.33. The zero-order valence-electron chi connectivity index (χ0n) is 10.0. The first kappa shape index (κ1) is 13.0. The van der Waals surface area contributed by atoms with E-state index in [-0.39, 0.29) is 16.6 Å². The summed E-state index contributed by atoms with van der Waals surface area (Å²) >= 11 is 0. The number of nitrogens with one attached hydrogen (secondary N) is 3. The molecule has 2 aromatic heterocycles. The van der Waals surface area contributed by atoms with Gasteiger partial charge in [0.05, 0.1) is 17.7 Å². The van der Waals surface area contributed by atoms with Crippen LogP contribution in [-0.4, -0.2) is 60.6 Å². The second-order valence-corrected chi connectivity index (χ2v) is 4.53. The summed E-state index contributed by atoms with van der Waals surface area (Å²) in [4.78, 5) is 23.3. The Balaban J connectivity index is 2.15. The number of fused-ring (bicyclic) bond motifs is 1. The van der Waals surface area contributed by atoms with Gasteiger partial charge in [-0.2, -0.15) is 5.10 Å². The predicted octanol–water partition coefficient (Wildman–Crippen LogP) is -2.91. The third kappa shape index (κ3) is 1.70. The third-order valence-corrected chi connectivity index (χ3v) is 3.35. The van der Waals surface area contributed by atoms with E-state index in [0.717, 1.165) is 0 Å². The lowest BCUT2D eigenvalue weighted by atomic mass is 10.0. The molecule has 0 spiro atoms. The largest absolute Gasteiger partial charge is 0.394 e. The molecule has 0 aliphatic carbocycles. The second kappa shape index (κ2) is 4.52. The van der Waals surface area contributed by atoms with E-state index >= 15 is 0 Å². The van der Waals surface area contributed by atoms with Crippen molar-refractivity contribution in [2.24, 2.45) is 0 Å². The molecule has 10 heteroatoms. The molecule has 10 nitrogen and oxygen atoms in total. The van der Waals surface area contributed by atoms with Crippen LogP contribution in [0.5, 0.6) is 0 Å². The molecule has 1 aliphatic heterocycles. The minimum absolute atomic E-state index is 0.0522. The van der Waals surface area contributed by atoms with Gasteiger partial charge in [0.25, 0.3) is 11.1 Å². The van der Waals surface area contributed by atoms with Crippen LogP contribution in [-0.2, 0) is 4.74 Å². The standard InChI is InChI=1S/C10H12N4O6/c15-1-2-6(16)7(17)8(20-2)4-3-5(12-11-4)10(19)14-13-9(3)18/h2,6-8,15-17H,1H2,(H,11,12)(H,13,18)(H,14,19). The van der Waals surface area contributed by atoms with Gasteiger partial charge in [0.1, 0.15) is 24.4 Å². The number of hydrogen-bond donors (Lipinski definition) is 6. The van der Waals surface area contributed by atoms with Crippen molar-refractivity contribution in [2.75, 3.05) is 6.61 Å². The number of nitrogens with zero attached hydrogens (tertiary/aromatic N) is 1. The molecular weight excluding hydrogens is 272 g/mol. The molecule has 0 aromatic carbocycles. The number of hydrogen-bond acceptors (Lipinski definition) is 7. The molecule has 3 rings (SSSR count). The number of aliphatic hydroxyl groups is 3. The molecule has 4 atom stereocenters. The summed E-state index contributed by atoms with van der Waals surface area (Å²) in [5.41, 5.74) is -1.26. The highest BCUT2D eigenvalue weighted by molar-refractivity contribution is 5.79. The summed E-state index contributed by atoms with van der Waals surface area (Å²) in [5, 5.41) is 39.0. The van der Waals surface area contributed by atoms with E-state index in [1.807, 2.05) is 0 Å². The van der Waals surface area contributed by atoms with Gasteiger partial charge in [0.15, 0.2) is 5.52 Å². The molecule has 20 heavy (non-hydrogen) atoms. The van der Waals surface area contributed by atoms with Crippen LogP contribution in [0, 0.1) is 0 Å². The number of aliphatic hydroxyl groups excluding tert-OH is 3. The van der Waals surface area contributed by atoms with Gasteiger partial charge in [-0.1, -0.05) is 0 Å². The highest BCUT2D eigenvalue weighted by atomic mass is 16.6. The molecule has 3 heterocycles. The monoisotopic (exact) mass is 284 g/mol. The Labute approximate surface area is 110 Å². The minimum atomic E-state index is -1.35. The number of H-pyrrole nitrogens is 3. The summed E-state index contributed by atoms with van der Waals surface area (Å²) in [7, 11) is 0. The molecule has 1 aliphatic rings. The van der Waals surface area contributed by atoms with Crippen LogP contribution in [0.2, 0.25) is 0 Å². The molecule has 0 saturated carbocycles. The Morgan fingerprint density at radius 2 is 1.85 bits per heavy atom. The normalized spacial score (nSPS) is 30.1. The number of aromatic amines is 3. The summed E-state index contributed by atoms with van der Waals surface area (Å²) in [6.45, 7) is -0.488. The van der Waals surface area contributed by atoms with Crippen LogP contribution in [0.15, 0.2) is 9.59 Å². The van der Waals surface area contributed by atoms with Gasteiger partial charge in [0, 0.05) is 0 Å². The summed E-state index contributed by atoms with van der Waals surface area (Å²) in [5.74, 6) is 0. The van der Waals surface area contributed by atoms with E-state index in [9.17, 15) is 19.8 Å². The van der Waals surface area contributed by atoms with Crippen LogP contribution in [0.3, 0.4) is 0 Å². The Hall–Kier alpha value is -2.01. The summed E-state index contributed by atoms with van der Waals surface area (Å²) in [6.07, 6.45) is -4.72. The van der Waals surface area contributed by atoms with E-state index in [1.54, 1.807) is 0 Å². The molecule has 1 saturated heterocycles. The maximum absolute atomic E-state index is 11.8. The highest BCUT2D eigenvalue weighted by Gasteiger charge is 2.44. The molecule has 0 radical (unpaired) electrons. The number of rotatable bonds is 2. The zero-order valence-corrected chi connectivity index (χ0v) is 10.0. The van der Waals surface area contributed by atoms with E-state index in [0.29, 0.717) is 0 Å². The van der Waals surface area contributed by atoms with Gasteiger partial charge in [0.2, 0.25) is 0 Å². The van der Waals surface area contributed by atoms with Crippen molar-refractivity contribution >= 4 is 10.9 Å². The van der Waals surface area contributed by atoms with Crippen molar-refractivity contribution in [1.82, 2.24) is 20.4 Å². The quantitative estimate of drug-likeness (QED) is 0.344. The van der Waals surface area contributed by atoms with Gasteiger partial charge in [-0.3, -0.25) is 24.9 Å². The van der Waals surface area contributed by atoms with Gasteiger partial charge in [-0.15, -0.1) is 0 Å². The molecule has 0 amide bonds. The lowest BCUT2D eigenvalue weighted by Gasteiger charge is -2.12. The second-order valence-electron chi connectivity index (χ2n) is 4.53. The van der Waals surface area contributed by atoms with Gasteiger partial charge >= 0.3 is 0 Å². The van der Waals surface area contributed by atoms with Crippen molar-refractivity contribution in [1.29, 1.82) is 0 Å². The molecule has 4 unspecified atom stereocenters. The van der Waals surface area contributed by atoms with Crippen LogP contribution in [0.4, 0.5) is 0 Å². The molecule has 2 aromatic rings. The maximum Gasteiger partial charge on any atom is 0.291 e. The van der Waals surface area contributed by atoms with Crippen LogP contribution < -0.4 is 11.1 Å². The first-order valence-electron chi connectivity index (χ1n) is 5.86. The third-order valence-electron chi connectivity index (χ3n) is 3.35. The smallest absolute Gasteiger partial charge is 0.291 e. The lowest BCUT2D eigenvalue weighted by Crippen LogP contribution is -2.32. The fraction of sp³-hybridized carbons (Fsp3) is 0.500. The van der Waals surface area contributed by atoms with Gasteiger partial charge in [-0.25, -0.2) is 0 Å². The summed E-state index contributed by atoms with van der Waals surface area (Å²) in [6, 6.07) is 0. The number of ether oxygens (including phenoxy) is 1. The van der Waals surface area contributed by atoms with E-state index < -0.39 is 42.1 Å². The SMILES string of the molecule is O=c1[nH][nH]c(=O)c2c(C3OC(CO)C(O)C3O)[nH]nc12. The zero-order chi connectivity index (χ0) is 14.4. The molecule has 0 bridgehead atoms. The van der Waals surface area contributed by atoms with E-state index in [4.69, 9.17) is 9.84 Å². The molecule has 1 fully saturated rings. The Bertz CT molecular complexity index is 748. The Kier molecular flexibility index (Phi) is 2.94. The average molecular weight is 284 g/mol. The van der Waals surface area contributed by atoms with Crippen LogP contribution in [0.25, 0.3) is 10.9 Å². The lowest BCUT2D eigenvalue weighted by molar-refractivity contribution is -0.0235. The predicted molar refractivity (Wildman–Crippen MR) is 64.0 cm³/mol. The van der Waals surface area contributed by atoms with Crippen LogP contribution >= 0.6 is 0 Å². The van der Waals surface area contributed by atoms with Crippen molar-refractivity contribution in [3.63, 3.8) is 0 Å². The van der Waals surface area contributed by atoms with Crippen molar-refractivity contribution < 1.29 is 20.1 Å². The Morgan fingerprint density at radius 3 is 2.50 bits per heavy atom. The first-order chi connectivity index (χ1) is 9.54. The van der Waals surface area contributed by atoms with Gasteiger partial charge in [-0.05, 0) is 0 Å². The fourth-order valence-electron chi connectivity index (χ4n) is 2.33. The van der Waals surface area contributed by atoms with Crippen molar-refractivity contribution in [3.8, 4) is 0 Å². The maximum atomic E-state index is 11.8. The minimum Gasteiger partial charge on any atom is -0.394 e. The van der Waals surface area contributed by atoms with Crippen molar-refractivity contribution in [2.45, 2.75) is 24.4 Å². The molecule has 108 valence electrons. The molecular formula is C10H12N4O6. The highest BCUT2D eigenvalue weighted by Crippen LogP contribution is 2.34. The van der Waals surface area contributed by atoms with E-state index in [2.05, 4.69) is 20.4 Å². The summed E-state index contributed by atoms with van der Waals surface area (Å²) < 4.78 is 5.30. The topological polar surface area (TPSA) is 164 Å². The van der Waals surface area contributed by atoms with Crippen LogP contribution in [0.1, 0.15) is 11.8 Å².